The Morgan fingerprint density at radius 1 is 1.05 bits per heavy atom. The summed E-state index contributed by atoms with van der Waals surface area (Å²) < 4.78 is 0. The first kappa shape index (κ1) is 18.5. The summed E-state index contributed by atoms with van der Waals surface area (Å²) in [5, 5.41) is 0. The van der Waals surface area contributed by atoms with E-state index < -0.39 is 20.8 Å². The van der Waals surface area contributed by atoms with E-state index >= 15 is 0 Å². The summed E-state index contributed by atoms with van der Waals surface area (Å²) in [4.78, 5) is 0. The Morgan fingerprint density at radius 3 is 2.10 bits per heavy atom. The standard InChI is InChI=1S/C17H23.2ClH.Zr/c1-6-13-7-15-9-14(11(2)3)10-16(12(4)5)17(15)8-13;;;/h7-12H,6H2,1-5H3;2*1H;/q;;;+2/p-2. The molecule has 109 valence electrons. The van der Waals surface area contributed by atoms with Crippen LogP contribution >= 0.6 is 17.0 Å². The molecule has 0 saturated heterocycles. The van der Waals surface area contributed by atoms with Crippen LogP contribution in [0.5, 0.6) is 0 Å². The Morgan fingerprint density at radius 2 is 1.65 bits per heavy atom. The van der Waals surface area contributed by atoms with Crippen LogP contribution in [0.3, 0.4) is 0 Å². The monoisotopic (exact) mass is 387 g/mol. The summed E-state index contributed by atoms with van der Waals surface area (Å²) in [6.07, 6.45) is 5.85. The van der Waals surface area contributed by atoms with E-state index in [1.807, 2.05) is 0 Å². The van der Waals surface area contributed by atoms with Gasteiger partial charge in [-0.25, -0.2) is 0 Å². The molecule has 0 nitrogen and oxygen atoms in total. The van der Waals surface area contributed by atoms with Gasteiger partial charge in [-0.1, -0.05) is 58.4 Å². The van der Waals surface area contributed by atoms with Crippen LogP contribution in [0.4, 0.5) is 0 Å². The van der Waals surface area contributed by atoms with Crippen LogP contribution in [0.15, 0.2) is 17.7 Å². The van der Waals surface area contributed by atoms with E-state index in [-0.39, 0.29) is 0 Å². The van der Waals surface area contributed by atoms with Crippen molar-refractivity contribution < 1.29 is 20.8 Å². The Kier molecular flexibility index (Phi) is 8.10. The number of benzene rings is 1. The molecule has 1 aromatic rings. The Labute approximate surface area is 142 Å². The predicted octanol–water partition coefficient (Wildman–Crippen LogP) is 6.67. The minimum atomic E-state index is -0.826. The average molecular weight is 390 g/mol. The molecule has 0 heterocycles. The Bertz CT molecular complexity index is 476. The molecule has 0 saturated carbocycles. The second-order valence-corrected chi connectivity index (χ2v) is 9.44. The SMILES string of the molecule is CCC1=Cc2c(cc(C(C)C)cc2C(C)C)[CH]1.[Cl][Zr][Cl]. The molecule has 0 bridgehead atoms. The topological polar surface area (TPSA) is 0 Å². The van der Waals surface area contributed by atoms with E-state index in [1.165, 1.54) is 27.8 Å². The summed E-state index contributed by atoms with van der Waals surface area (Å²) in [6, 6.07) is 4.77. The molecule has 0 aromatic heterocycles. The van der Waals surface area contributed by atoms with Crippen molar-refractivity contribution in [3.8, 4) is 0 Å². The van der Waals surface area contributed by atoms with Crippen molar-refractivity contribution in [2.24, 2.45) is 0 Å². The van der Waals surface area contributed by atoms with Gasteiger partial charge in [0.25, 0.3) is 0 Å². The zero-order chi connectivity index (χ0) is 15.3. The third-order valence-corrected chi connectivity index (χ3v) is 3.63. The molecule has 2 rings (SSSR count). The summed E-state index contributed by atoms with van der Waals surface area (Å²) in [7, 11) is 9.87. The summed E-state index contributed by atoms with van der Waals surface area (Å²) in [5.74, 6) is 1.21. The Hall–Kier alpha value is 0.423. The number of fused-ring (bicyclic) bond motifs is 1. The molecular formula is C17H23Cl2Zr. The van der Waals surface area contributed by atoms with Crippen LogP contribution in [-0.4, -0.2) is 0 Å². The summed E-state index contributed by atoms with van der Waals surface area (Å²) in [5.41, 5.74) is 7.32. The van der Waals surface area contributed by atoms with Crippen LogP contribution in [-0.2, 0) is 20.8 Å². The second-order valence-electron chi connectivity index (χ2n) is 5.71. The molecular weight excluding hydrogens is 366 g/mol. The van der Waals surface area contributed by atoms with E-state index in [2.05, 4.69) is 59.2 Å². The summed E-state index contributed by atoms with van der Waals surface area (Å²) in [6.45, 7) is 11.4. The predicted molar refractivity (Wildman–Crippen MR) is 88.0 cm³/mol. The molecule has 0 unspecified atom stereocenters. The zero-order valence-corrected chi connectivity index (χ0v) is 16.9. The number of rotatable bonds is 3. The van der Waals surface area contributed by atoms with Crippen molar-refractivity contribution in [2.45, 2.75) is 52.9 Å². The third kappa shape index (κ3) is 4.72. The van der Waals surface area contributed by atoms with Crippen molar-refractivity contribution >= 4 is 23.1 Å². The van der Waals surface area contributed by atoms with Crippen molar-refractivity contribution in [1.82, 2.24) is 0 Å². The fourth-order valence-corrected chi connectivity index (χ4v) is 2.45. The minimum absolute atomic E-state index is 0.600. The molecule has 0 atom stereocenters. The molecule has 20 heavy (non-hydrogen) atoms. The molecule has 1 aliphatic rings. The van der Waals surface area contributed by atoms with E-state index in [0.717, 1.165) is 6.42 Å². The fraction of sp³-hybridized carbons (Fsp3) is 0.471. The first-order valence-corrected chi connectivity index (χ1v) is 13.5. The van der Waals surface area contributed by atoms with Gasteiger partial charge < -0.3 is 0 Å². The van der Waals surface area contributed by atoms with Gasteiger partial charge in [-0.3, -0.25) is 0 Å². The van der Waals surface area contributed by atoms with Crippen molar-refractivity contribution in [2.75, 3.05) is 0 Å². The van der Waals surface area contributed by atoms with Gasteiger partial charge >= 0.3 is 37.9 Å². The number of halogens is 2. The van der Waals surface area contributed by atoms with Gasteiger partial charge in [-0.2, -0.15) is 0 Å². The van der Waals surface area contributed by atoms with E-state index in [9.17, 15) is 0 Å². The van der Waals surface area contributed by atoms with Gasteiger partial charge in [0.05, 0.1) is 0 Å². The quantitative estimate of drug-likeness (QED) is 0.542. The second kappa shape index (κ2) is 8.77. The van der Waals surface area contributed by atoms with E-state index in [1.54, 1.807) is 0 Å². The van der Waals surface area contributed by atoms with Gasteiger partial charge in [-0.05, 0) is 40.5 Å². The summed E-state index contributed by atoms with van der Waals surface area (Å²) >= 11 is -0.826. The maximum atomic E-state index is 4.93. The molecule has 1 aliphatic carbocycles. The molecule has 3 heteroatoms. The molecule has 0 aliphatic heterocycles. The molecule has 1 radical (unpaired) electrons. The molecule has 0 spiro atoms. The van der Waals surface area contributed by atoms with Crippen molar-refractivity contribution in [3.63, 3.8) is 0 Å². The number of allylic oxidation sites excluding steroid dienone is 1. The normalized spacial score (nSPS) is 12.9. The first-order chi connectivity index (χ1) is 9.44. The van der Waals surface area contributed by atoms with Gasteiger partial charge in [0.15, 0.2) is 0 Å². The Balaban J connectivity index is 0.000000612. The van der Waals surface area contributed by atoms with Gasteiger partial charge in [0.2, 0.25) is 0 Å². The van der Waals surface area contributed by atoms with Crippen LogP contribution in [0, 0.1) is 6.42 Å². The van der Waals surface area contributed by atoms with Crippen LogP contribution in [0.2, 0.25) is 0 Å². The first-order valence-electron chi connectivity index (χ1n) is 7.13. The fourth-order valence-electron chi connectivity index (χ4n) is 2.45. The van der Waals surface area contributed by atoms with E-state index in [0.29, 0.717) is 11.8 Å². The number of hydrogen-bond acceptors (Lipinski definition) is 0. The van der Waals surface area contributed by atoms with Gasteiger partial charge in [0, 0.05) is 6.42 Å². The molecule has 0 fully saturated rings. The van der Waals surface area contributed by atoms with Gasteiger partial charge in [-0.15, -0.1) is 0 Å². The van der Waals surface area contributed by atoms with Crippen molar-refractivity contribution in [3.05, 3.63) is 46.4 Å². The molecule has 1 aromatic carbocycles. The molecule has 0 amide bonds. The molecule has 0 N–H and O–H groups in total. The maximum absolute atomic E-state index is 4.93. The average Bonchev–Trinajstić information content (AvgIpc) is 2.80. The van der Waals surface area contributed by atoms with Crippen molar-refractivity contribution in [1.29, 1.82) is 0 Å². The van der Waals surface area contributed by atoms with Gasteiger partial charge in [0.1, 0.15) is 0 Å². The van der Waals surface area contributed by atoms with E-state index in [4.69, 9.17) is 17.0 Å². The zero-order valence-electron chi connectivity index (χ0n) is 12.9. The van der Waals surface area contributed by atoms with Crippen LogP contribution < -0.4 is 0 Å². The third-order valence-electron chi connectivity index (χ3n) is 3.63. The van der Waals surface area contributed by atoms with Crippen LogP contribution in [0.1, 0.15) is 75.1 Å². The number of hydrogen-bond donors (Lipinski definition) is 0. The van der Waals surface area contributed by atoms with Crippen LogP contribution in [0.25, 0.3) is 6.08 Å².